The molecule has 0 radical (unpaired) electrons. The molecule has 0 aromatic carbocycles. The van der Waals surface area contributed by atoms with Gasteiger partial charge in [-0.25, -0.2) is 23.2 Å². The molecule has 3 aliphatic heterocycles. The van der Waals surface area contributed by atoms with Crippen molar-refractivity contribution in [2.24, 2.45) is 33.1 Å². The lowest BCUT2D eigenvalue weighted by Crippen LogP contribution is -2.44. The first-order chi connectivity index (χ1) is 29.8. The highest BCUT2D eigenvalue weighted by Crippen LogP contribution is 2.45. The summed E-state index contributed by atoms with van der Waals surface area (Å²) in [7, 11) is 0. The number of nitrogen functional groups attached to an aromatic ring is 3. The molecule has 6 heterocycles. The van der Waals surface area contributed by atoms with E-state index in [0.29, 0.717) is 4.57 Å². The molecule has 342 valence electrons. The number of rotatable bonds is 11. The second-order valence-corrected chi connectivity index (χ2v) is 13.7. The third-order valence-corrected chi connectivity index (χ3v) is 9.95. The Bertz CT molecular complexity index is 2430. The first-order valence-corrected chi connectivity index (χ1v) is 17.8. The van der Waals surface area contributed by atoms with Gasteiger partial charge in [0.2, 0.25) is 16.2 Å². The van der Waals surface area contributed by atoms with Gasteiger partial charge in [0.15, 0.2) is 22.2 Å². The van der Waals surface area contributed by atoms with Gasteiger partial charge in [0.1, 0.15) is 66.4 Å². The monoisotopic (exact) mass is 902 g/mol. The number of nitrogens with zero attached hydrogens (tertiary/aromatic N) is 13. The molecule has 0 amide bonds. The molecule has 63 heavy (non-hydrogen) atoms. The zero-order valence-corrected chi connectivity index (χ0v) is 32.4. The maximum Gasteiger partial charge on any atom is 0.351 e. The van der Waals surface area contributed by atoms with E-state index in [1.807, 2.05) is 0 Å². The fraction of sp³-hybridized carbons (Fsp3) is 0.600. The van der Waals surface area contributed by atoms with Crippen LogP contribution >= 0.6 is 0 Å². The maximum atomic E-state index is 13.3. The zero-order valence-electron chi connectivity index (χ0n) is 32.4. The number of aromatic nitrogens is 6. The highest BCUT2D eigenvalue weighted by atomic mass is 19.3. The van der Waals surface area contributed by atoms with Crippen LogP contribution in [-0.2, 0) is 14.2 Å². The smallest absolute Gasteiger partial charge is 0.351 e. The Morgan fingerprint density at radius 2 is 1.11 bits per heavy atom. The van der Waals surface area contributed by atoms with Crippen molar-refractivity contribution in [1.82, 2.24) is 38.5 Å². The van der Waals surface area contributed by atoms with Crippen LogP contribution in [0.3, 0.4) is 0 Å². The third-order valence-electron chi connectivity index (χ3n) is 9.95. The largest absolute Gasteiger partial charge is 0.393 e. The van der Waals surface area contributed by atoms with Crippen LogP contribution in [0, 0.1) is 28.8 Å². The molecule has 0 saturated carbocycles. The van der Waals surface area contributed by atoms with Gasteiger partial charge in [0, 0.05) is 29.4 Å². The number of nitrogens with two attached hydrogens (primary N) is 3. The number of hydrogen-bond donors (Lipinski definition) is 11. The normalized spacial score (nSPS) is 32.0. The molecular weight excluding hydrogens is 861 g/mol. The van der Waals surface area contributed by atoms with Crippen LogP contribution in [0.2, 0.25) is 0 Å². The fourth-order valence-electron chi connectivity index (χ4n) is 6.70. The van der Waals surface area contributed by atoms with Crippen molar-refractivity contribution in [2.75, 3.05) is 43.7 Å². The van der Waals surface area contributed by atoms with E-state index in [1.54, 1.807) is 6.92 Å². The molecule has 0 spiro atoms. The summed E-state index contributed by atoms with van der Waals surface area (Å²) < 4.78 is 58.4. The maximum absolute atomic E-state index is 13.3. The lowest BCUT2D eigenvalue weighted by atomic mass is 9.96. The van der Waals surface area contributed by atoms with Crippen molar-refractivity contribution >= 4 is 17.5 Å². The number of halogens is 3. The Morgan fingerprint density at radius 3 is 1.49 bits per heavy atom. The van der Waals surface area contributed by atoms with E-state index in [0.717, 1.165) is 15.3 Å². The molecule has 3 aromatic rings. The zero-order chi connectivity index (χ0) is 47.0. The minimum atomic E-state index is -3.10. The molecule has 3 fully saturated rings. The summed E-state index contributed by atoms with van der Waals surface area (Å²) in [4.78, 5) is 53.7. The van der Waals surface area contributed by atoms with Gasteiger partial charge in [-0.15, -0.1) is 0 Å². The van der Waals surface area contributed by atoms with Gasteiger partial charge in [-0.2, -0.15) is 15.0 Å². The van der Waals surface area contributed by atoms with E-state index >= 15 is 0 Å². The number of anilines is 3. The number of aliphatic hydroxyl groups is 6. The van der Waals surface area contributed by atoms with Crippen LogP contribution in [-0.4, -0.2) is 128 Å². The summed E-state index contributed by atoms with van der Waals surface area (Å²) in [6.07, 6.45) is -8.12. The third kappa shape index (κ3) is 9.58. The second-order valence-electron chi connectivity index (χ2n) is 13.7. The highest BCUT2D eigenvalue weighted by Gasteiger charge is 2.63. The Balaban J connectivity index is 0.000000208. The molecule has 12 atom stereocenters. The number of azide groups is 1. The van der Waals surface area contributed by atoms with E-state index in [-0.39, 0.29) is 17.5 Å². The van der Waals surface area contributed by atoms with Gasteiger partial charge in [-0.05, 0) is 23.7 Å². The second kappa shape index (κ2) is 20.1. The summed E-state index contributed by atoms with van der Waals surface area (Å²) in [6.45, 7) is -2.00. The van der Waals surface area contributed by atoms with Crippen molar-refractivity contribution in [2.45, 2.75) is 67.5 Å². The average molecular weight is 903 g/mol. The van der Waals surface area contributed by atoms with Gasteiger partial charge in [-0.3, -0.25) is 18.1 Å². The molecule has 33 heteroatoms. The van der Waals surface area contributed by atoms with Gasteiger partial charge in [-0.1, -0.05) is 12.0 Å². The topological polar surface area (TPSA) is 481 Å². The Morgan fingerprint density at radius 1 is 0.730 bits per heavy atom. The predicted octanol–water partition coefficient (Wildman–Crippen LogP) is -3.27. The molecule has 0 unspecified atom stereocenters. The fourth-order valence-corrected chi connectivity index (χ4v) is 6.70. The summed E-state index contributed by atoms with van der Waals surface area (Å²) in [5.41, 5.74) is 29.5. The summed E-state index contributed by atoms with van der Waals surface area (Å²) in [5, 5.41) is 68.0. The molecule has 0 bridgehead atoms. The first kappa shape index (κ1) is 49.1. The van der Waals surface area contributed by atoms with Crippen LogP contribution in [0.4, 0.5) is 30.6 Å². The van der Waals surface area contributed by atoms with E-state index in [9.17, 15) is 58.2 Å². The van der Waals surface area contributed by atoms with Crippen molar-refractivity contribution in [3.63, 3.8) is 0 Å². The summed E-state index contributed by atoms with van der Waals surface area (Å²) >= 11 is 0. The Labute approximate surface area is 348 Å². The van der Waals surface area contributed by atoms with E-state index in [2.05, 4.69) is 45.0 Å². The number of hydrogen-bond acceptors (Lipinski definition) is 23. The lowest BCUT2D eigenvalue weighted by Gasteiger charge is -2.24. The molecule has 30 nitrogen and oxygen atoms in total. The molecule has 3 aromatic heterocycles. The van der Waals surface area contributed by atoms with Gasteiger partial charge >= 0.3 is 17.1 Å². The van der Waals surface area contributed by atoms with Gasteiger partial charge in [0.25, 0.3) is 11.4 Å². The quantitative estimate of drug-likeness (QED) is 0.0511. The van der Waals surface area contributed by atoms with Crippen LogP contribution in [0.15, 0.2) is 66.5 Å². The number of aliphatic hydroxyl groups excluding tert-OH is 6. The first-order valence-electron chi connectivity index (χ1n) is 17.8. The van der Waals surface area contributed by atoms with Crippen molar-refractivity contribution in [1.29, 1.82) is 11.1 Å². The van der Waals surface area contributed by atoms with Crippen LogP contribution in [0.5, 0.6) is 0 Å². The van der Waals surface area contributed by atoms with E-state index in [1.165, 1.54) is 30.6 Å². The molecule has 6 rings (SSSR count). The van der Waals surface area contributed by atoms with Crippen molar-refractivity contribution < 1.29 is 58.0 Å². The van der Waals surface area contributed by atoms with Crippen molar-refractivity contribution in [3.8, 4) is 0 Å². The molecule has 3 aliphatic rings. The lowest BCUT2D eigenvalue weighted by molar-refractivity contribution is -0.128. The predicted molar refractivity (Wildman–Crippen MR) is 198 cm³/mol. The van der Waals surface area contributed by atoms with E-state index in [4.69, 9.17) is 48.0 Å². The minimum absolute atomic E-state index is 0.0224. The van der Waals surface area contributed by atoms with E-state index < -0.39 is 122 Å². The Kier molecular flexibility index (Phi) is 15.6. The number of ether oxygens (including phenoxy) is 3. The minimum Gasteiger partial charge on any atom is -0.393 e. The van der Waals surface area contributed by atoms with Gasteiger partial charge < -0.3 is 62.1 Å². The van der Waals surface area contributed by atoms with Crippen molar-refractivity contribution in [3.05, 3.63) is 78.7 Å². The van der Waals surface area contributed by atoms with Gasteiger partial charge in [0.05, 0.1) is 31.2 Å². The number of alkyl halides is 3. The standard InChI is InChI=1S/C10H12F2N6O4.C10H13FN6O4.C10H14N6O4/c11-7(12)5-6(20)10(3-19,16-17-14)22-8(5)18-2-1-4(13)15-9(18)21;11-3-5-7(19)10(4-18,15-16-13)21-8(5)17-2-1-6(12)14-9(17)20;1-5-7(18)10(4-17,14-15-12)20-8(5)16-3-2-6(11)13-9(16)19/h1-2,5-8,14,19-20H,3H2,(H-,13,15,21);1-2,5,7-8,13,18-19H,3-4H2,(H-,12,14,20);2-3,5,7-8,17-18H,4H2,1H3,(H2,11,13,19)/p+2/t5-,6+,8-,10-;2*5-,7-,8+,10+/m100/s1. The molecule has 0 aliphatic carbocycles. The summed E-state index contributed by atoms with van der Waals surface area (Å²) in [6, 6.07) is 3.89. The SMILES string of the molecule is C[C@@H]1[C@H](n2ccc(N)nc2=O)O[C@@](CO)(N=[N+]=[N-])[C@H]1O.N=[N+]=N[C@]1(CO)O[C@@H](n2ccc(N)nc2=O)[C@@H](C(F)F)[C@@H]1O.N=[N+]=N[C@]1(CO)O[C@@H](n2ccc(N)nc2=O)[C@@H](CF)[C@@H]1O. The molecule has 3 saturated heterocycles. The molecule has 14 N–H and O–H groups in total. The van der Waals surface area contributed by atoms with Crippen LogP contribution in [0.25, 0.3) is 10.4 Å². The highest BCUT2D eigenvalue weighted by molar-refractivity contribution is 5.25. The average Bonchev–Trinajstić information content (AvgIpc) is 3.78. The number of nitrogens with one attached hydrogen (secondary N) is 2. The van der Waals surface area contributed by atoms with Crippen LogP contribution < -0.4 is 44.1 Å². The Hall–Kier alpha value is -6.60. The van der Waals surface area contributed by atoms with Crippen LogP contribution in [0.1, 0.15) is 25.6 Å². The summed E-state index contributed by atoms with van der Waals surface area (Å²) in [5.74, 6) is -3.76. The molecular formula is C30H41F3N18O12+2.